The molecule has 0 aliphatic heterocycles. The minimum atomic E-state index is -0.558. The molecule has 21 heavy (non-hydrogen) atoms. The van der Waals surface area contributed by atoms with Crippen LogP contribution in [0, 0.1) is 22.0 Å². The number of amides is 1. The van der Waals surface area contributed by atoms with E-state index in [4.69, 9.17) is 11.6 Å². The van der Waals surface area contributed by atoms with E-state index in [0.29, 0.717) is 16.9 Å². The number of nitro benzene ring substituents is 1. The lowest BCUT2D eigenvalue weighted by molar-refractivity contribution is -0.385. The summed E-state index contributed by atoms with van der Waals surface area (Å²) in [6, 6.07) is 4.10. The third kappa shape index (κ3) is 3.94. The van der Waals surface area contributed by atoms with Gasteiger partial charge in [0.15, 0.2) is 0 Å². The molecule has 0 aromatic heterocycles. The van der Waals surface area contributed by atoms with E-state index >= 15 is 0 Å². The van der Waals surface area contributed by atoms with Crippen LogP contribution in [0.1, 0.15) is 43.5 Å². The first-order valence-electron chi connectivity index (χ1n) is 7.11. The maximum absolute atomic E-state index is 12.3. The Balaban J connectivity index is 2.16. The lowest BCUT2D eigenvalue weighted by atomic mass is 9.80. The molecule has 0 saturated heterocycles. The molecule has 1 aromatic carbocycles. The van der Waals surface area contributed by atoms with Gasteiger partial charge < -0.3 is 5.32 Å². The van der Waals surface area contributed by atoms with Gasteiger partial charge in [0.05, 0.1) is 4.92 Å². The van der Waals surface area contributed by atoms with Crippen LogP contribution in [0.3, 0.4) is 0 Å². The average molecular weight is 311 g/mol. The smallest absolute Gasteiger partial charge is 0.282 e. The highest BCUT2D eigenvalue weighted by atomic mass is 35.5. The van der Waals surface area contributed by atoms with Gasteiger partial charge in [-0.05, 0) is 43.2 Å². The molecule has 2 atom stereocenters. The van der Waals surface area contributed by atoms with Gasteiger partial charge in [-0.2, -0.15) is 0 Å². The van der Waals surface area contributed by atoms with Gasteiger partial charge in [-0.25, -0.2) is 0 Å². The van der Waals surface area contributed by atoms with E-state index in [9.17, 15) is 14.9 Å². The van der Waals surface area contributed by atoms with Crippen molar-refractivity contribution in [2.45, 2.75) is 39.2 Å². The third-order valence-corrected chi connectivity index (χ3v) is 4.15. The fourth-order valence-corrected chi connectivity index (χ4v) is 3.35. The Hall–Kier alpha value is -1.62. The molecule has 2 rings (SSSR count). The first-order chi connectivity index (χ1) is 9.86. The Morgan fingerprint density at radius 3 is 2.48 bits per heavy atom. The van der Waals surface area contributed by atoms with Gasteiger partial charge in [0, 0.05) is 17.1 Å². The van der Waals surface area contributed by atoms with Crippen molar-refractivity contribution in [3.63, 3.8) is 0 Å². The van der Waals surface area contributed by atoms with Crippen molar-refractivity contribution < 1.29 is 9.72 Å². The molecule has 0 spiro atoms. The van der Waals surface area contributed by atoms with Crippen molar-refractivity contribution in [2.24, 2.45) is 11.8 Å². The summed E-state index contributed by atoms with van der Waals surface area (Å²) in [6.07, 6.45) is 2.97. The van der Waals surface area contributed by atoms with Crippen LogP contribution in [-0.2, 0) is 0 Å². The number of nitro groups is 1. The second-order valence-corrected chi connectivity index (χ2v) is 6.44. The molecular weight excluding hydrogens is 292 g/mol. The first-order valence-corrected chi connectivity index (χ1v) is 7.49. The van der Waals surface area contributed by atoms with E-state index in [1.54, 1.807) is 0 Å². The molecule has 6 heteroatoms. The minimum absolute atomic E-state index is 0.0263. The molecular formula is C15H19ClN2O3. The molecule has 1 amide bonds. The van der Waals surface area contributed by atoms with Crippen molar-refractivity contribution in [3.8, 4) is 0 Å². The third-order valence-electron chi connectivity index (χ3n) is 3.91. The van der Waals surface area contributed by atoms with Crippen LogP contribution in [0.4, 0.5) is 5.69 Å². The van der Waals surface area contributed by atoms with Crippen LogP contribution in [0.5, 0.6) is 0 Å². The molecule has 1 saturated carbocycles. The highest BCUT2D eigenvalue weighted by Crippen LogP contribution is 2.29. The van der Waals surface area contributed by atoms with E-state index in [1.807, 2.05) is 0 Å². The molecule has 0 bridgehead atoms. The number of rotatable bonds is 3. The van der Waals surface area contributed by atoms with Crippen LogP contribution >= 0.6 is 11.6 Å². The minimum Gasteiger partial charge on any atom is -0.349 e. The summed E-state index contributed by atoms with van der Waals surface area (Å²) in [7, 11) is 0. The Morgan fingerprint density at radius 1 is 1.29 bits per heavy atom. The molecule has 1 fully saturated rings. The van der Waals surface area contributed by atoms with Crippen LogP contribution in [0.2, 0.25) is 5.02 Å². The average Bonchev–Trinajstić information content (AvgIpc) is 2.36. The second-order valence-electron chi connectivity index (χ2n) is 6.01. The molecule has 1 aliphatic carbocycles. The predicted octanol–water partition coefficient (Wildman–Crippen LogP) is 3.80. The van der Waals surface area contributed by atoms with Crippen molar-refractivity contribution >= 4 is 23.2 Å². The van der Waals surface area contributed by atoms with Gasteiger partial charge in [0.2, 0.25) is 0 Å². The summed E-state index contributed by atoms with van der Waals surface area (Å²) in [5.41, 5.74) is -0.188. The van der Waals surface area contributed by atoms with Crippen LogP contribution in [-0.4, -0.2) is 16.9 Å². The summed E-state index contributed by atoms with van der Waals surface area (Å²) < 4.78 is 0. The number of nitrogens with zero attached hydrogens (tertiary/aromatic N) is 1. The highest BCUT2D eigenvalue weighted by molar-refractivity contribution is 6.31. The van der Waals surface area contributed by atoms with Crippen molar-refractivity contribution in [2.75, 3.05) is 0 Å². The quantitative estimate of drug-likeness (QED) is 0.681. The Bertz CT molecular complexity index is 552. The zero-order valence-corrected chi connectivity index (χ0v) is 12.9. The molecule has 0 heterocycles. The SMILES string of the molecule is CC1CC(C)CC(NC(=O)c2cc(Cl)ccc2[N+](=O)[O-])C1. The molecule has 1 aromatic rings. The standard InChI is InChI=1S/C15H19ClN2O3/c1-9-5-10(2)7-12(6-9)17-15(19)13-8-11(16)3-4-14(13)18(20)21/h3-4,8-10,12H,5-7H2,1-2H3,(H,17,19). The molecule has 114 valence electrons. The number of halogens is 1. The largest absolute Gasteiger partial charge is 0.349 e. The van der Waals surface area contributed by atoms with Gasteiger partial charge in [-0.3, -0.25) is 14.9 Å². The number of carbonyl (C=O) groups is 1. The summed E-state index contributed by atoms with van der Waals surface area (Å²) in [6.45, 7) is 4.33. The van der Waals surface area contributed by atoms with E-state index in [0.717, 1.165) is 19.3 Å². The number of carbonyl (C=O) groups excluding carboxylic acids is 1. The zero-order valence-electron chi connectivity index (χ0n) is 12.1. The normalized spacial score (nSPS) is 25.4. The first kappa shape index (κ1) is 15.8. The molecule has 2 unspecified atom stereocenters. The van der Waals surface area contributed by atoms with Gasteiger partial charge >= 0.3 is 0 Å². The van der Waals surface area contributed by atoms with E-state index in [-0.39, 0.29) is 17.3 Å². The summed E-state index contributed by atoms with van der Waals surface area (Å²) in [4.78, 5) is 22.8. The highest BCUT2D eigenvalue weighted by Gasteiger charge is 2.27. The summed E-state index contributed by atoms with van der Waals surface area (Å²) in [5, 5.41) is 14.2. The number of benzene rings is 1. The Kier molecular flexibility index (Phi) is 4.83. The monoisotopic (exact) mass is 310 g/mol. The Labute approximate surface area is 128 Å². The van der Waals surface area contributed by atoms with E-state index < -0.39 is 10.8 Å². The number of nitrogens with one attached hydrogen (secondary N) is 1. The fourth-order valence-electron chi connectivity index (χ4n) is 3.18. The maximum Gasteiger partial charge on any atom is 0.282 e. The lowest BCUT2D eigenvalue weighted by Gasteiger charge is -2.31. The molecule has 5 nitrogen and oxygen atoms in total. The topological polar surface area (TPSA) is 72.2 Å². The zero-order chi connectivity index (χ0) is 15.6. The maximum atomic E-state index is 12.3. The predicted molar refractivity (Wildman–Crippen MR) is 81.5 cm³/mol. The van der Waals surface area contributed by atoms with Crippen LogP contribution in [0.15, 0.2) is 18.2 Å². The number of hydrogen-bond donors (Lipinski definition) is 1. The van der Waals surface area contributed by atoms with Crippen LogP contribution in [0.25, 0.3) is 0 Å². The lowest BCUT2D eigenvalue weighted by Crippen LogP contribution is -2.40. The van der Waals surface area contributed by atoms with Crippen molar-refractivity contribution in [1.29, 1.82) is 0 Å². The van der Waals surface area contributed by atoms with Gasteiger partial charge in [-0.1, -0.05) is 25.4 Å². The van der Waals surface area contributed by atoms with Gasteiger partial charge in [0.1, 0.15) is 5.56 Å². The molecule has 1 N–H and O–H groups in total. The Morgan fingerprint density at radius 2 is 1.90 bits per heavy atom. The fraction of sp³-hybridized carbons (Fsp3) is 0.533. The summed E-state index contributed by atoms with van der Waals surface area (Å²) >= 11 is 5.85. The molecule has 0 radical (unpaired) electrons. The van der Waals surface area contributed by atoms with Gasteiger partial charge in [0.25, 0.3) is 11.6 Å². The van der Waals surface area contributed by atoms with E-state index in [2.05, 4.69) is 19.2 Å². The molecule has 1 aliphatic rings. The van der Waals surface area contributed by atoms with E-state index in [1.165, 1.54) is 18.2 Å². The van der Waals surface area contributed by atoms with Crippen molar-refractivity contribution in [3.05, 3.63) is 38.9 Å². The van der Waals surface area contributed by atoms with Crippen molar-refractivity contribution in [1.82, 2.24) is 5.32 Å². The van der Waals surface area contributed by atoms with Crippen LogP contribution < -0.4 is 5.32 Å². The summed E-state index contributed by atoms with van der Waals surface area (Å²) in [5.74, 6) is 0.678. The second kappa shape index (κ2) is 6.43. The number of hydrogen-bond acceptors (Lipinski definition) is 3. The van der Waals surface area contributed by atoms with Gasteiger partial charge in [-0.15, -0.1) is 0 Å².